The molecule has 2 aromatic rings. The fraction of sp³-hybridized carbons (Fsp3) is 0.500. The molecule has 0 aliphatic carbocycles. The Balaban J connectivity index is 1.53. The molecule has 0 spiro atoms. The zero-order valence-corrected chi connectivity index (χ0v) is 16.2. The van der Waals surface area contributed by atoms with Gasteiger partial charge in [-0.3, -0.25) is 4.79 Å². The molecule has 1 fully saturated rings. The average Bonchev–Trinajstić information content (AvgIpc) is 3.22. The maximum Gasteiger partial charge on any atom is 0.228 e. The molecule has 0 bridgehead atoms. The van der Waals surface area contributed by atoms with Crippen LogP contribution in [0.5, 0.6) is 0 Å². The van der Waals surface area contributed by atoms with E-state index in [4.69, 9.17) is 5.73 Å². The second-order valence-electron chi connectivity index (χ2n) is 6.67. The molecular weight excluding hydrogens is 378 g/mol. The number of carbonyl (C=O) groups excluding carboxylic acids is 1. The van der Waals surface area contributed by atoms with Gasteiger partial charge in [0.15, 0.2) is 9.84 Å². The Kier molecular flexibility index (Phi) is 4.22. The molecular formula is C16H19N3O3S3. The first-order valence-electron chi connectivity index (χ1n) is 8.11. The monoisotopic (exact) mass is 397 g/mol. The highest BCUT2D eigenvalue weighted by Crippen LogP contribution is 2.35. The van der Waals surface area contributed by atoms with Crippen LogP contribution in [-0.4, -0.2) is 48.3 Å². The van der Waals surface area contributed by atoms with Gasteiger partial charge in [0.25, 0.3) is 0 Å². The molecule has 0 radical (unpaired) electrons. The quantitative estimate of drug-likeness (QED) is 0.828. The van der Waals surface area contributed by atoms with E-state index < -0.39 is 21.8 Å². The van der Waals surface area contributed by atoms with E-state index in [1.54, 1.807) is 27.6 Å². The zero-order chi connectivity index (χ0) is 17.8. The van der Waals surface area contributed by atoms with E-state index in [0.717, 1.165) is 27.6 Å². The number of thiophene rings is 1. The SMILES string of the molecule is Cc1nc(-c2cc3c(s2)CCN(C(=O)[C@@H]2CS(=O)(=O)C[C@H]2N)C3)cs1. The van der Waals surface area contributed by atoms with Gasteiger partial charge in [0, 0.05) is 29.4 Å². The van der Waals surface area contributed by atoms with Crippen molar-refractivity contribution in [3.63, 3.8) is 0 Å². The van der Waals surface area contributed by atoms with Crippen LogP contribution in [0.15, 0.2) is 11.4 Å². The molecule has 6 nitrogen and oxygen atoms in total. The first-order chi connectivity index (χ1) is 11.8. The summed E-state index contributed by atoms with van der Waals surface area (Å²) in [5.41, 5.74) is 8.04. The second-order valence-corrected chi connectivity index (χ2v) is 11.0. The summed E-state index contributed by atoms with van der Waals surface area (Å²) < 4.78 is 23.5. The number of thiazole rings is 1. The maximum absolute atomic E-state index is 12.8. The van der Waals surface area contributed by atoms with Gasteiger partial charge in [0.1, 0.15) is 0 Å². The minimum atomic E-state index is -3.20. The second kappa shape index (κ2) is 6.15. The molecule has 0 saturated carbocycles. The Labute approximate surface area is 154 Å². The van der Waals surface area contributed by atoms with Crippen molar-refractivity contribution in [3.05, 3.63) is 26.9 Å². The summed E-state index contributed by atoms with van der Waals surface area (Å²) >= 11 is 3.36. The molecule has 1 saturated heterocycles. The molecule has 2 N–H and O–H groups in total. The lowest BCUT2D eigenvalue weighted by molar-refractivity contribution is -0.136. The number of nitrogens with two attached hydrogens (primary N) is 1. The standard InChI is InChI=1S/C16H19N3O3S3/c1-9-18-13(6-23-9)15-4-10-5-19(3-2-14(10)24-15)16(20)11-7-25(21,22)8-12(11)17/h4,6,11-12H,2-3,5,7-8,17H2,1H3/t11-,12-/m1/s1. The fourth-order valence-electron chi connectivity index (χ4n) is 3.49. The van der Waals surface area contributed by atoms with Gasteiger partial charge in [0.2, 0.25) is 5.91 Å². The van der Waals surface area contributed by atoms with E-state index in [9.17, 15) is 13.2 Å². The van der Waals surface area contributed by atoms with Crippen molar-refractivity contribution < 1.29 is 13.2 Å². The van der Waals surface area contributed by atoms with Crippen molar-refractivity contribution >= 4 is 38.4 Å². The Hall–Kier alpha value is -1.29. The minimum Gasteiger partial charge on any atom is -0.338 e. The summed E-state index contributed by atoms with van der Waals surface area (Å²) in [7, 11) is -3.20. The lowest BCUT2D eigenvalue weighted by atomic mass is 10.0. The van der Waals surface area contributed by atoms with Gasteiger partial charge in [-0.05, 0) is 25.0 Å². The first-order valence-corrected chi connectivity index (χ1v) is 11.6. The molecule has 2 atom stereocenters. The Bertz CT molecular complexity index is 932. The predicted molar refractivity (Wildman–Crippen MR) is 99.4 cm³/mol. The highest BCUT2D eigenvalue weighted by Gasteiger charge is 2.42. The topological polar surface area (TPSA) is 93.4 Å². The minimum absolute atomic E-state index is 0.0890. The van der Waals surface area contributed by atoms with Crippen LogP contribution >= 0.6 is 22.7 Å². The summed E-state index contributed by atoms with van der Waals surface area (Å²) in [5, 5.41) is 3.09. The van der Waals surface area contributed by atoms with E-state index in [-0.39, 0.29) is 17.4 Å². The molecule has 2 aliphatic rings. The lowest BCUT2D eigenvalue weighted by Crippen LogP contribution is -2.45. The van der Waals surface area contributed by atoms with E-state index in [0.29, 0.717) is 13.1 Å². The van der Waals surface area contributed by atoms with Gasteiger partial charge in [-0.1, -0.05) is 0 Å². The number of aryl methyl sites for hydroxylation is 1. The normalized spacial score (nSPS) is 25.1. The smallest absolute Gasteiger partial charge is 0.228 e. The van der Waals surface area contributed by atoms with Gasteiger partial charge in [-0.25, -0.2) is 13.4 Å². The number of sulfone groups is 1. The Morgan fingerprint density at radius 2 is 2.20 bits per heavy atom. The van der Waals surface area contributed by atoms with Crippen molar-refractivity contribution in [2.45, 2.75) is 25.9 Å². The van der Waals surface area contributed by atoms with Crippen LogP contribution in [0.3, 0.4) is 0 Å². The van der Waals surface area contributed by atoms with Crippen LogP contribution in [-0.2, 0) is 27.6 Å². The number of hydrogen-bond acceptors (Lipinski definition) is 7. The number of rotatable bonds is 2. The van der Waals surface area contributed by atoms with Crippen LogP contribution < -0.4 is 5.73 Å². The summed E-state index contributed by atoms with van der Waals surface area (Å²) in [4.78, 5) is 21.5. The third-order valence-corrected chi connectivity index (χ3v) is 8.56. The number of aromatic nitrogens is 1. The maximum atomic E-state index is 12.8. The predicted octanol–water partition coefficient (Wildman–Crippen LogP) is 1.44. The van der Waals surface area contributed by atoms with Crippen LogP contribution in [0.25, 0.3) is 10.6 Å². The lowest BCUT2D eigenvalue weighted by Gasteiger charge is -2.30. The fourth-order valence-corrected chi connectivity index (χ4v) is 7.19. The van der Waals surface area contributed by atoms with Crippen molar-refractivity contribution in [2.75, 3.05) is 18.1 Å². The van der Waals surface area contributed by atoms with Crippen LogP contribution in [0.1, 0.15) is 15.4 Å². The Morgan fingerprint density at radius 3 is 2.84 bits per heavy atom. The highest BCUT2D eigenvalue weighted by atomic mass is 32.2. The molecule has 1 amide bonds. The average molecular weight is 398 g/mol. The van der Waals surface area contributed by atoms with E-state index in [1.807, 2.05) is 6.92 Å². The molecule has 9 heteroatoms. The van der Waals surface area contributed by atoms with E-state index >= 15 is 0 Å². The molecule has 0 unspecified atom stereocenters. The number of amides is 1. The zero-order valence-electron chi connectivity index (χ0n) is 13.8. The number of fused-ring (bicyclic) bond motifs is 1. The third-order valence-electron chi connectivity index (χ3n) is 4.76. The largest absolute Gasteiger partial charge is 0.338 e. The molecule has 25 heavy (non-hydrogen) atoms. The summed E-state index contributed by atoms with van der Waals surface area (Å²) in [6.07, 6.45) is 0.795. The van der Waals surface area contributed by atoms with E-state index in [1.165, 1.54) is 4.88 Å². The first kappa shape index (κ1) is 17.1. The molecule has 0 aromatic carbocycles. The van der Waals surface area contributed by atoms with Crippen molar-refractivity contribution in [3.8, 4) is 10.6 Å². The van der Waals surface area contributed by atoms with Crippen molar-refractivity contribution in [2.24, 2.45) is 11.7 Å². The number of carbonyl (C=O) groups is 1. The highest BCUT2D eigenvalue weighted by molar-refractivity contribution is 7.91. The molecule has 2 aliphatic heterocycles. The number of hydrogen-bond donors (Lipinski definition) is 1. The van der Waals surface area contributed by atoms with Crippen LogP contribution in [0, 0.1) is 12.8 Å². The third kappa shape index (κ3) is 3.25. The summed E-state index contributed by atoms with van der Waals surface area (Å²) in [5.74, 6) is -0.945. The van der Waals surface area contributed by atoms with E-state index in [2.05, 4.69) is 16.4 Å². The van der Waals surface area contributed by atoms with Gasteiger partial charge in [-0.15, -0.1) is 22.7 Å². The van der Waals surface area contributed by atoms with Gasteiger partial charge >= 0.3 is 0 Å². The molecule has 2 aromatic heterocycles. The van der Waals surface area contributed by atoms with Crippen molar-refractivity contribution in [1.82, 2.24) is 9.88 Å². The van der Waals surface area contributed by atoms with Crippen LogP contribution in [0.4, 0.5) is 0 Å². The van der Waals surface area contributed by atoms with Gasteiger partial charge in [-0.2, -0.15) is 0 Å². The summed E-state index contributed by atoms with van der Waals surface area (Å²) in [6, 6.07) is 1.52. The summed E-state index contributed by atoms with van der Waals surface area (Å²) in [6.45, 7) is 3.13. The van der Waals surface area contributed by atoms with Crippen LogP contribution in [0.2, 0.25) is 0 Å². The Morgan fingerprint density at radius 1 is 1.40 bits per heavy atom. The molecule has 4 heterocycles. The molecule has 134 valence electrons. The van der Waals surface area contributed by atoms with Gasteiger partial charge < -0.3 is 10.6 Å². The van der Waals surface area contributed by atoms with Gasteiger partial charge in [0.05, 0.1) is 33.0 Å². The molecule has 4 rings (SSSR count). The van der Waals surface area contributed by atoms with Crippen molar-refractivity contribution in [1.29, 1.82) is 0 Å². The number of nitrogens with zero attached hydrogens (tertiary/aromatic N) is 2.